The summed E-state index contributed by atoms with van der Waals surface area (Å²) in [5, 5.41) is 22.1. The smallest absolute Gasteiger partial charge is 0.307 e. The maximum atomic E-state index is 12.0. The van der Waals surface area contributed by atoms with Gasteiger partial charge in [0.1, 0.15) is 5.75 Å². The molecule has 2 N–H and O–H groups in total. The Morgan fingerprint density at radius 2 is 1.95 bits per heavy atom. The van der Waals surface area contributed by atoms with Crippen LogP contribution in [0.3, 0.4) is 0 Å². The molecule has 1 amide bonds. The first kappa shape index (κ1) is 16.4. The Balaban J connectivity index is 2.95. The van der Waals surface area contributed by atoms with E-state index in [9.17, 15) is 19.7 Å². The lowest BCUT2D eigenvalue weighted by molar-refractivity contribution is -0.384. The topological polar surface area (TPSA) is 119 Å². The molecule has 2 unspecified atom stereocenters. The molecule has 0 aliphatic rings. The molecule has 1 rings (SSSR count). The second-order valence-electron chi connectivity index (χ2n) is 4.55. The van der Waals surface area contributed by atoms with Crippen LogP contribution in [-0.2, 0) is 9.59 Å². The van der Waals surface area contributed by atoms with Gasteiger partial charge in [-0.2, -0.15) is 0 Å². The highest BCUT2D eigenvalue weighted by Gasteiger charge is 2.26. The van der Waals surface area contributed by atoms with Crippen molar-refractivity contribution in [2.75, 3.05) is 12.4 Å². The number of amides is 1. The maximum absolute atomic E-state index is 12.0. The van der Waals surface area contributed by atoms with Crippen LogP contribution in [0.2, 0.25) is 0 Å². The number of nitro groups is 1. The average molecular weight is 296 g/mol. The molecular formula is C13H16N2O6. The standard InChI is InChI=1S/C13H16N2O6/c1-7(8(2)13(17)18)12(16)14-10-5-4-9(15(19)20)6-11(10)21-3/h4-8H,1-3H3,(H,14,16)(H,17,18). The third-order valence-corrected chi connectivity index (χ3v) is 3.21. The molecular weight excluding hydrogens is 280 g/mol. The van der Waals surface area contributed by atoms with Gasteiger partial charge in [-0.25, -0.2) is 0 Å². The Morgan fingerprint density at radius 3 is 2.43 bits per heavy atom. The van der Waals surface area contributed by atoms with Gasteiger partial charge in [0, 0.05) is 12.0 Å². The Hall–Kier alpha value is -2.64. The highest BCUT2D eigenvalue weighted by atomic mass is 16.6. The number of non-ortho nitro benzene ring substituents is 1. The van der Waals surface area contributed by atoms with Crippen molar-refractivity contribution in [2.45, 2.75) is 13.8 Å². The SMILES string of the molecule is COc1cc([N+](=O)[O-])ccc1NC(=O)C(C)C(C)C(=O)O. The number of aliphatic carboxylic acids is 1. The van der Waals surface area contributed by atoms with Crippen molar-refractivity contribution < 1.29 is 24.4 Å². The van der Waals surface area contributed by atoms with E-state index < -0.39 is 28.6 Å². The lowest BCUT2D eigenvalue weighted by atomic mass is 9.95. The van der Waals surface area contributed by atoms with Crippen LogP contribution in [0.25, 0.3) is 0 Å². The monoisotopic (exact) mass is 296 g/mol. The molecule has 0 aromatic heterocycles. The number of hydrogen-bond donors (Lipinski definition) is 2. The fourth-order valence-corrected chi connectivity index (χ4v) is 1.58. The number of nitro benzene ring substituents is 1. The molecule has 0 heterocycles. The Kier molecular flexibility index (Phi) is 5.23. The summed E-state index contributed by atoms with van der Waals surface area (Å²) in [6.07, 6.45) is 0. The molecule has 1 aromatic carbocycles. The van der Waals surface area contributed by atoms with E-state index in [1.807, 2.05) is 0 Å². The van der Waals surface area contributed by atoms with Crippen molar-refractivity contribution in [2.24, 2.45) is 11.8 Å². The number of carbonyl (C=O) groups is 2. The first-order valence-corrected chi connectivity index (χ1v) is 6.14. The van der Waals surface area contributed by atoms with Crippen LogP contribution in [0, 0.1) is 22.0 Å². The van der Waals surface area contributed by atoms with E-state index >= 15 is 0 Å². The van der Waals surface area contributed by atoms with Gasteiger partial charge in [-0.15, -0.1) is 0 Å². The number of carboxylic acids is 1. The summed E-state index contributed by atoms with van der Waals surface area (Å²) in [6, 6.07) is 3.75. The van der Waals surface area contributed by atoms with Gasteiger partial charge < -0.3 is 15.2 Å². The lowest BCUT2D eigenvalue weighted by Gasteiger charge is -2.17. The van der Waals surface area contributed by atoms with Crippen molar-refractivity contribution in [1.82, 2.24) is 0 Å². The molecule has 8 heteroatoms. The number of ether oxygens (including phenoxy) is 1. The maximum Gasteiger partial charge on any atom is 0.307 e. The quantitative estimate of drug-likeness (QED) is 0.611. The summed E-state index contributed by atoms with van der Waals surface area (Å²) in [4.78, 5) is 32.9. The summed E-state index contributed by atoms with van der Waals surface area (Å²) in [5.41, 5.74) is 0.0781. The molecule has 8 nitrogen and oxygen atoms in total. The van der Waals surface area contributed by atoms with E-state index in [0.29, 0.717) is 0 Å². The number of carbonyl (C=O) groups excluding carboxylic acids is 1. The van der Waals surface area contributed by atoms with Crippen molar-refractivity contribution in [3.05, 3.63) is 28.3 Å². The number of rotatable bonds is 6. The number of anilines is 1. The van der Waals surface area contributed by atoms with Gasteiger partial charge in [0.15, 0.2) is 0 Å². The van der Waals surface area contributed by atoms with Crippen LogP contribution in [0.5, 0.6) is 5.75 Å². The highest BCUT2D eigenvalue weighted by molar-refractivity contribution is 5.96. The van der Waals surface area contributed by atoms with E-state index in [-0.39, 0.29) is 17.1 Å². The first-order valence-electron chi connectivity index (χ1n) is 6.14. The van der Waals surface area contributed by atoms with Crippen LogP contribution in [0.1, 0.15) is 13.8 Å². The highest BCUT2D eigenvalue weighted by Crippen LogP contribution is 2.29. The third kappa shape index (κ3) is 3.91. The number of carboxylic acid groups (broad SMARTS) is 1. The Bertz CT molecular complexity index is 572. The Labute approximate surface area is 120 Å². The van der Waals surface area contributed by atoms with Gasteiger partial charge in [0.05, 0.1) is 29.7 Å². The molecule has 2 atom stereocenters. The minimum atomic E-state index is -1.08. The molecule has 0 aliphatic heterocycles. The third-order valence-electron chi connectivity index (χ3n) is 3.21. The molecule has 21 heavy (non-hydrogen) atoms. The lowest BCUT2D eigenvalue weighted by Crippen LogP contribution is -2.30. The summed E-state index contributed by atoms with van der Waals surface area (Å²) < 4.78 is 4.99. The number of nitrogens with zero attached hydrogens (tertiary/aromatic N) is 1. The van der Waals surface area contributed by atoms with Crippen molar-refractivity contribution >= 4 is 23.3 Å². The Morgan fingerprint density at radius 1 is 1.33 bits per heavy atom. The van der Waals surface area contributed by atoms with Crippen LogP contribution < -0.4 is 10.1 Å². The molecule has 0 aliphatic carbocycles. The summed E-state index contributed by atoms with van der Waals surface area (Å²) >= 11 is 0. The molecule has 0 saturated carbocycles. The van der Waals surface area contributed by atoms with Crippen LogP contribution in [0.4, 0.5) is 11.4 Å². The molecule has 114 valence electrons. The predicted octanol–water partition coefficient (Wildman–Crippen LogP) is 1.90. The molecule has 1 aromatic rings. The van der Waals surface area contributed by atoms with E-state index in [0.717, 1.165) is 0 Å². The van der Waals surface area contributed by atoms with Gasteiger partial charge in [-0.3, -0.25) is 19.7 Å². The van der Waals surface area contributed by atoms with Crippen molar-refractivity contribution in [3.63, 3.8) is 0 Å². The van der Waals surface area contributed by atoms with E-state index in [1.165, 1.54) is 39.2 Å². The summed E-state index contributed by atoms with van der Waals surface area (Å²) in [6.45, 7) is 2.92. The van der Waals surface area contributed by atoms with E-state index in [1.54, 1.807) is 0 Å². The number of methoxy groups -OCH3 is 1. The van der Waals surface area contributed by atoms with Gasteiger partial charge in [-0.1, -0.05) is 13.8 Å². The van der Waals surface area contributed by atoms with Gasteiger partial charge in [0.25, 0.3) is 5.69 Å². The van der Waals surface area contributed by atoms with Gasteiger partial charge >= 0.3 is 5.97 Å². The minimum absolute atomic E-state index is 0.132. The number of hydrogen-bond acceptors (Lipinski definition) is 5. The second kappa shape index (κ2) is 6.69. The molecule has 0 bridgehead atoms. The predicted molar refractivity (Wildman–Crippen MR) is 74.2 cm³/mol. The largest absolute Gasteiger partial charge is 0.494 e. The zero-order valence-corrected chi connectivity index (χ0v) is 11.8. The zero-order valence-electron chi connectivity index (χ0n) is 11.8. The zero-order chi connectivity index (χ0) is 16.2. The molecule has 0 radical (unpaired) electrons. The van der Waals surface area contributed by atoms with Gasteiger partial charge in [0.2, 0.25) is 5.91 Å². The van der Waals surface area contributed by atoms with Crippen molar-refractivity contribution in [1.29, 1.82) is 0 Å². The normalized spacial score (nSPS) is 13.1. The molecule has 0 spiro atoms. The van der Waals surface area contributed by atoms with Crippen LogP contribution >= 0.6 is 0 Å². The van der Waals surface area contributed by atoms with E-state index in [4.69, 9.17) is 9.84 Å². The summed E-state index contributed by atoms with van der Waals surface area (Å²) in [5.74, 6) is -3.06. The fraction of sp³-hybridized carbons (Fsp3) is 0.385. The minimum Gasteiger partial charge on any atom is -0.494 e. The van der Waals surface area contributed by atoms with E-state index in [2.05, 4.69) is 5.32 Å². The summed E-state index contributed by atoms with van der Waals surface area (Å²) in [7, 11) is 1.32. The number of benzene rings is 1. The van der Waals surface area contributed by atoms with Gasteiger partial charge in [-0.05, 0) is 6.07 Å². The molecule has 0 saturated heterocycles. The molecule has 0 fully saturated rings. The first-order chi connectivity index (χ1) is 9.77. The van der Waals surface area contributed by atoms with Crippen LogP contribution in [-0.4, -0.2) is 29.0 Å². The van der Waals surface area contributed by atoms with Crippen molar-refractivity contribution in [3.8, 4) is 5.75 Å². The average Bonchev–Trinajstić information content (AvgIpc) is 2.45. The second-order valence-corrected chi connectivity index (χ2v) is 4.55. The van der Waals surface area contributed by atoms with Crippen LogP contribution in [0.15, 0.2) is 18.2 Å². The number of nitrogens with one attached hydrogen (secondary N) is 1. The fourth-order valence-electron chi connectivity index (χ4n) is 1.58.